The summed E-state index contributed by atoms with van der Waals surface area (Å²) in [5, 5.41) is 3.02. The molecule has 5 heteroatoms. The van der Waals surface area contributed by atoms with Crippen molar-refractivity contribution in [1.82, 2.24) is 10.2 Å². The van der Waals surface area contributed by atoms with E-state index in [0.29, 0.717) is 12.1 Å². The fourth-order valence-corrected chi connectivity index (χ4v) is 3.74. The second-order valence-corrected chi connectivity index (χ2v) is 8.26. The normalized spacial score (nSPS) is 27.0. The summed E-state index contributed by atoms with van der Waals surface area (Å²) in [4.78, 5) is 14.5. The van der Waals surface area contributed by atoms with Crippen LogP contribution in [-0.2, 0) is 9.47 Å². The Morgan fingerprint density at radius 2 is 1.71 bits per heavy atom. The van der Waals surface area contributed by atoms with Crippen LogP contribution in [0.3, 0.4) is 0 Å². The molecular weight excluding hydrogens is 304 g/mol. The maximum Gasteiger partial charge on any atom is 0.407 e. The van der Waals surface area contributed by atoms with Crippen LogP contribution in [0.15, 0.2) is 0 Å². The van der Waals surface area contributed by atoms with Crippen molar-refractivity contribution in [3.63, 3.8) is 0 Å². The maximum atomic E-state index is 11.9. The van der Waals surface area contributed by atoms with Gasteiger partial charge in [-0.1, -0.05) is 6.92 Å². The lowest BCUT2D eigenvalue weighted by atomic mass is 9.90. The van der Waals surface area contributed by atoms with E-state index in [1.54, 1.807) is 0 Å². The molecule has 0 bridgehead atoms. The molecule has 2 rings (SSSR count). The van der Waals surface area contributed by atoms with Gasteiger partial charge in [-0.3, -0.25) is 0 Å². The van der Waals surface area contributed by atoms with Crippen molar-refractivity contribution in [3.8, 4) is 0 Å². The van der Waals surface area contributed by atoms with Crippen molar-refractivity contribution >= 4 is 6.09 Å². The standard InChI is InChI=1S/C19H36N2O3/c1-5-14-23-17-8-6-16(7-9-17)21-12-10-15(11-13-21)20-18(22)24-19(2,3)4/h15-17H,5-14H2,1-4H3,(H,20,22)/t16-,17+. The van der Waals surface area contributed by atoms with Crippen molar-refractivity contribution in [2.24, 2.45) is 0 Å². The molecule has 1 saturated heterocycles. The second kappa shape index (κ2) is 9.04. The van der Waals surface area contributed by atoms with Gasteiger partial charge >= 0.3 is 6.09 Å². The van der Waals surface area contributed by atoms with E-state index >= 15 is 0 Å². The molecule has 1 aliphatic heterocycles. The average molecular weight is 341 g/mol. The van der Waals surface area contributed by atoms with Crippen LogP contribution < -0.4 is 5.32 Å². The number of amides is 1. The van der Waals surface area contributed by atoms with Gasteiger partial charge in [0.25, 0.3) is 0 Å². The number of piperidine rings is 1. The third-order valence-corrected chi connectivity index (χ3v) is 4.97. The Balaban J connectivity index is 1.65. The summed E-state index contributed by atoms with van der Waals surface area (Å²) in [6.07, 6.45) is 8.23. The van der Waals surface area contributed by atoms with Crippen LogP contribution in [0.2, 0.25) is 0 Å². The summed E-state index contributed by atoms with van der Waals surface area (Å²) in [6.45, 7) is 10.9. The van der Waals surface area contributed by atoms with Crippen LogP contribution in [0.1, 0.15) is 72.6 Å². The Morgan fingerprint density at radius 3 is 2.25 bits per heavy atom. The highest BCUT2D eigenvalue weighted by Crippen LogP contribution is 2.27. The van der Waals surface area contributed by atoms with E-state index in [1.165, 1.54) is 25.7 Å². The zero-order valence-electron chi connectivity index (χ0n) is 16.0. The van der Waals surface area contributed by atoms with E-state index in [-0.39, 0.29) is 12.1 Å². The third-order valence-electron chi connectivity index (χ3n) is 4.97. The number of hydrogen-bond donors (Lipinski definition) is 1. The van der Waals surface area contributed by atoms with Gasteiger partial charge in [0, 0.05) is 31.8 Å². The molecule has 0 unspecified atom stereocenters. The van der Waals surface area contributed by atoms with Gasteiger partial charge in [-0.25, -0.2) is 4.79 Å². The number of carbonyl (C=O) groups excluding carboxylic acids is 1. The lowest BCUT2D eigenvalue weighted by Crippen LogP contribution is -2.49. The summed E-state index contributed by atoms with van der Waals surface area (Å²) >= 11 is 0. The molecule has 0 aromatic heterocycles. The molecule has 1 heterocycles. The molecule has 1 saturated carbocycles. The summed E-state index contributed by atoms with van der Waals surface area (Å²) in [5.41, 5.74) is -0.427. The summed E-state index contributed by atoms with van der Waals surface area (Å²) < 4.78 is 11.2. The van der Waals surface area contributed by atoms with Gasteiger partial charge in [-0.2, -0.15) is 0 Å². The van der Waals surface area contributed by atoms with Gasteiger partial charge in [-0.15, -0.1) is 0 Å². The number of carbonyl (C=O) groups is 1. The minimum Gasteiger partial charge on any atom is -0.444 e. The number of nitrogens with one attached hydrogen (secondary N) is 1. The Bertz CT molecular complexity index is 379. The van der Waals surface area contributed by atoms with Gasteiger partial charge < -0.3 is 19.7 Å². The molecule has 0 aromatic carbocycles. The molecule has 1 N–H and O–H groups in total. The fraction of sp³-hybridized carbons (Fsp3) is 0.947. The summed E-state index contributed by atoms with van der Waals surface area (Å²) in [7, 11) is 0. The number of ether oxygens (including phenoxy) is 2. The number of nitrogens with zero attached hydrogens (tertiary/aromatic N) is 1. The molecule has 2 aliphatic rings. The molecule has 0 aromatic rings. The van der Waals surface area contributed by atoms with Crippen molar-refractivity contribution in [2.45, 2.75) is 96.4 Å². The van der Waals surface area contributed by atoms with E-state index in [0.717, 1.165) is 39.0 Å². The van der Waals surface area contributed by atoms with Crippen molar-refractivity contribution < 1.29 is 14.3 Å². The Morgan fingerprint density at radius 1 is 1.08 bits per heavy atom. The molecule has 0 atom stereocenters. The molecule has 2 fully saturated rings. The van der Waals surface area contributed by atoms with Gasteiger partial charge in [0.2, 0.25) is 0 Å². The highest BCUT2D eigenvalue weighted by molar-refractivity contribution is 5.68. The maximum absolute atomic E-state index is 11.9. The summed E-state index contributed by atoms with van der Waals surface area (Å²) in [6, 6.07) is 0.953. The van der Waals surface area contributed by atoms with E-state index < -0.39 is 5.60 Å². The van der Waals surface area contributed by atoms with Crippen molar-refractivity contribution in [2.75, 3.05) is 19.7 Å². The lowest BCUT2D eigenvalue weighted by Gasteiger charge is -2.40. The monoisotopic (exact) mass is 340 g/mol. The van der Waals surface area contributed by atoms with E-state index in [4.69, 9.17) is 9.47 Å². The molecule has 0 spiro atoms. The van der Waals surface area contributed by atoms with Crippen LogP contribution in [0.4, 0.5) is 4.79 Å². The molecule has 1 amide bonds. The molecule has 140 valence electrons. The van der Waals surface area contributed by atoms with Gasteiger partial charge in [0.05, 0.1) is 6.10 Å². The fourth-order valence-electron chi connectivity index (χ4n) is 3.74. The lowest BCUT2D eigenvalue weighted by molar-refractivity contribution is 0.00262. The SMILES string of the molecule is CCCO[C@H]1CC[C@@H](N2CCC(NC(=O)OC(C)(C)C)CC2)CC1. The average Bonchev–Trinajstić information content (AvgIpc) is 2.52. The first kappa shape index (κ1) is 19.5. The third kappa shape index (κ3) is 6.60. The first-order valence-corrected chi connectivity index (χ1v) is 9.72. The first-order valence-electron chi connectivity index (χ1n) is 9.72. The van der Waals surface area contributed by atoms with Crippen LogP contribution in [0.25, 0.3) is 0 Å². The van der Waals surface area contributed by atoms with Crippen molar-refractivity contribution in [3.05, 3.63) is 0 Å². The van der Waals surface area contributed by atoms with E-state index in [9.17, 15) is 4.79 Å². The Labute approximate surface area is 147 Å². The van der Waals surface area contributed by atoms with Gasteiger partial charge in [0.15, 0.2) is 0 Å². The van der Waals surface area contributed by atoms with Crippen LogP contribution in [-0.4, -0.2) is 54.5 Å². The zero-order chi connectivity index (χ0) is 17.6. The topological polar surface area (TPSA) is 50.8 Å². The minimum atomic E-state index is -0.427. The predicted molar refractivity (Wildman–Crippen MR) is 96.3 cm³/mol. The number of hydrogen-bond acceptors (Lipinski definition) is 4. The number of alkyl carbamates (subject to hydrolysis) is 1. The Kier molecular flexibility index (Phi) is 7.35. The number of likely N-dealkylation sites (tertiary alicyclic amines) is 1. The largest absolute Gasteiger partial charge is 0.444 e. The first-order chi connectivity index (χ1) is 11.4. The zero-order valence-corrected chi connectivity index (χ0v) is 16.0. The van der Waals surface area contributed by atoms with E-state index in [1.807, 2.05) is 20.8 Å². The van der Waals surface area contributed by atoms with Crippen LogP contribution >= 0.6 is 0 Å². The molecule has 24 heavy (non-hydrogen) atoms. The highest BCUT2D eigenvalue weighted by Gasteiger charge is 2.30. The van der Waals surface area contributed by atoms with Crippen molar-refractivity contribution in [1.29, 1.82) is 0 Å². The minimum absolute atomic E-state index is 0.250. The molecule has 1 aliphatic carbocycles. The molecule has 0 radical (unpaired) electrons. The highest BCUT2D eigenvalue weighted by atomic mass is 16.6. The second-order valence-electron chi connectivity index (χ2n) is 8.26. The van der Waals surface area contributed by atoms with Gasteiger partial charge in [0.1, 0.15) is 5.60 Å². The van der Waals surface area contributed by atoms with Crippen LogP contribution in [0.5, 0.6) is 0 Å². The van der Waals surface area contributed by atoms with Gasteiger partial charge in [-0.05, 0) is 65.7 Å². The molecule has 5 nitrogen and oxygen atoms in total. The quantitative estimate of drug-likeness (QED) is 0.829. The van der Waals surface area contributed by atoms with E-state index in [2.05, 4.69) is 17.1 Å². The molecular formula is C19H36N2O3. The smallest absolute Gasteiger partial charge is 0.407 e. The number of rotatable bonds is 5. The predicted octanol–water partition coefficient (Wildman–Crippen LogP) is 3.71. The Hall–Kier alpha value is -0.810. The van der Waals surface area contributed by atoms with Crippen LogP contribution in [0, 0.1) is 0 Å². The summed E-state index contributed by atoms with van der Waals surface area (Å²) in [5.74, 6) is 0.